The van der Waals surface area contributed by atoms with Crippen molar-refractivity contribution in [2.75, 3.05) is 7.11 Å². The molecule has 1 fully saturated rings. The lowest BCUT2D eigenvalue weighted by atomic mass is 9.70. The van der Waals surface area contributed by atoms with Crippen LogP contribution in [0.1, 0.15) is 56.7 Å². The summed E-state index contributed by atoms with van der Waals surface area (Å²) < 4.78 is 10.7. The lowest BCUT2D eigenvalue weighted by molar-refractivity contribution is -0.151. The van der Waals surface area contributed by atoms with E-state index < -0.39 is 17.8 Å². The molecule has 1 N–H and O–H groups in total. The van der Waals surface area contributed by atoms with E-state index in [0.717, 1.165) is 36.3 Å². The Kier molecular flexibility index (Phi) is 5.82. The average molecular weight is 430 g/mol. The van der Waals surface area contributed by atoms with E-state index >= 15 is 0 Å². The third kappa shape index (κ3) is 3.60. The van der Waals surface area contributed by atoms with Gasteiger partial charge in [0.15, 0.2) is 5.78 Å². The molecule has 0 unspecified atom stereocenters. The Morgan fingerprint density at radius 3 is 2.60 bits per heavy atom. The maximum Gasteiger partial charge on any atom is 0.337 e. The first-order chi connectivity index (χ1) is 14.4. The number of ether oxygens (including phenoxy) is 2. The van der Waals surface area contributed by atoms with Gasteiger partial charge in [0.25, 0.3) is 0 Å². The molecule has 1 aromatic rings. The standard InChI is InChI=1S/C23H27NO5S/c1-12-11-15-19(21(25)17(12)22(26)28-3)20(16-9-6-10-30-16)18(13(2)24-15)23(27)29-14-7-4-5-8-14/h6,9-10,12,14,17,20,24H,4-5,7-8,11H2,1-3H3/t12-,17-,20-/m1/s1. The van der Waals surface area contributed by atoms with Crippen LogP contribution in [0, 0.1) is 11.8 Å². The summed E-state index contributed by atoms with van der Waals surface area (Å²) in [5, 5.41) is 5.23. The van der Waals surface area contributed by atoms with Crippen LogP contribution in [0.5, 0.6) is 0 Å². The molecule has 1 saturated carbocycles. The number of carbonyl (C=O) groups is 3. The minimum atomic E-state index is -0.858. The molecule has 0 spiro atoms. The Morgan fingerprint density at radius 1 is 1.23 bits per heavy atom. The van der Waals surface area contributed by atoms with E-state index in [9.17, 15) is 14.4 Å². The Balaban J connectivity index is 1.76. The van der Waals surface area contributed by atoms with Crippen LogP contribution < -0.4 is 5.32 Å². The van der Waals surface area contributed by atoms with Crippen molar-refractivity contribution in [2.24, 2.45) is 11.8 Å². The van der Waals surface area contributed by atoms with Crippen molar-refractivity contribution in [1.82, 2.24) is 5.32 Å². The zero-order valence-electron chi connectivity index (χ0n) is 17.5. The van der Waals surface area contributed by atoms with Crippen LogP contribution in [0.3, 0.4) is 0 Å². The molecule has 0 radical (unpaired) electrons. The van der Waals surface area contributed by atoms with Gasteiger partial charge in [-0.15, -0.1) is 11.3 Å². The number of rotatable bonds is 4. The number of nitrogens with one attached hydrogen (secondary N) is 1. The van der Waals surface area contributed by atoms with E-state index in [-0.39, 0.29) is 23.8 Å². The molecule has 6 nitrogen and oxygen atoms in total. The maximum atomic E-state index is 13.5. The molecule has 0 bridgehead atoms. The predicted octanol–water partition coefficient (Wildman–Crippen LogP) is 3.85. The number of hydrogen-bond donors (Lipinski definition) is 1. The zero-order chi connectivity index (χ0) is 21.4. The number of ketones is 1. The number of esters is 2. The van der Waals surface area contributed by atoms with Gasteiger partial charge >= 0.3 is 11.9 Å². The second-order valence-corrected chi connectivity index (χ2v) is 9.34. The molecule has 2 aliphatic carbocycles. The Hall–Kier alpha value is -2.41. The third-order valence-corrected chi connectivity index (χ3v) is 7.30. The quantitative estimate of drug-likeness (QED) is 0.578. The van der Waals surface area contributed by atoms with Gasteiger partial charge in [-0.2, -0.15) is 0 Å². The molecule has 0 aromatic carbocycles. The Bertz CT molecular complexity index is 923. The molecular weight excluding hydrogens is 402 g/mol. The summed E-state index contributed by atoms with van der Waals surface area (Å²) in [6.45, 7) is 3.74. The number of thiophene rings is 1. The van der Waals surface area contributed by atoms with Crippen molar-refractivity contribution >= 4 is 29.1 Å². The first-order valence-electron chi connectivity index (χ1n) is 10.5. The molecule has 0 amide bonds. The van der Waals surface area contributed by atoms with Gasteiger partial charge in [-0.1, -0.05) is 13.0 Å². The number of dihydropyridines is 1. The summed E-state index contributed by atoms with van der Waals surface area (Å²) in [7, 11) is 1.30. The Labute approximate surface area is 180 Å². The third-order valence-electron chi connectivity index (χ3n) is 6.37. The summed E-state index contributed by atoms with van der Waals surface area (Å²) >= 11 is 1.50. The van der Waals surface area contributed by atoms with Gasteiger partial charge in [-0.25, -0.2) is 4.79 Å². The van der Waals surface area contributed by atoms with Gasteiger partial charge in [0.2, 0.25) is 0 Å². The fourth-order valence-corrected chi connectivity index (χ4v) is 5.76. The average Bonchev–Trinajstić information content (AvgIpc) is 3.40. The van der Waals surface area contributed by atoms with Crippen molar-refractivity contribution in [3.63, 3.8) is 0 Å². The molecular formula is C23H27NO5S. The van der Waals surface area contributed by atoms with Crippen molar-refractivity contribution in [1.29, 1.82) is 0 Å². The fraction of sp³-hybridized carbons (Fsp3) is 0.522. The highest BCUT2D eigenvalue weighted by molar-refractivity contribution is 7.10. The normalized spacial score (nSPS) is 27.0. The molecule has 30 heavy (non-hydrogen) atoms. The van der Waals surface area contributed by atoms with Gasteiger partial charge in [-0.05, 0) is 56.4 Å². The SMILES string of the molecule is COC(=O)[C@H]1C(=O)C2=C(C[C@H]1C)NC(C)=C(C(=O)OC1CCCC1)[C@H]2c1cccs1. The van der Waals surface area contributed by atoms with Crippen molar-refractivity contribution < 1.29 is 23.9 Å². The van der Waals surface area contributed by atoms with E-state index in [2.05, 4.69) is 5.32 Å². The molecule has 2 heterocycles. The predicted molar refractivity (Wildman–Crippen MR) is 113 cm³/mol. The lowest BCUT2D eigenvalue weighted by Gasteiger charge is -2.38. The first-order valence-corrected chi connectivity index (χ1v) is 11.4. The largest absolute Gasteiger partial charge is 0.468 e. The van der Waals surface area contributed by atoms with Gasteiger partial charge in [0.05, 0.1) is 18.6 Å². The summed E-state index contributed by atoms with van der Waals surface area (Å²) in [6.07, 6.45) is 4.37. The molecule has 160 valence electrons. The highest BCUT2D eigenvalue weighted by atomic mass is 32.1. The van der Waals surface area contributed by atoms with Crippen molar-refractivity contribution in [2.45, 2.75) is 58.0 Å². The van der Waals surface area contributed by atoms with Crippen LogP contribution >= 0.6 is 11.3 Å². The topological polar surface area (TPSA) is 81.7 Å². The van der Waals surface area contributed by atoms with Gasteiger partial charge in [0, 0.05) is 21.8 Å². The number of hydrogen-bond acceptors (Lipinski definition) is 7. The second kappa shape index (κ2) is 8.38. The summed E-state index contributed by atoms with van der Waals surface area (Å²) in [4.78, 5) is 40.0. The van der Waals surface area contributed by atoms with Crippen molar-refractivity contribution in [3.8, 4) is 0 Å². The highest BCUT2D eigenvalue weighted by Gasteiger charge is 2.47. The highest BCUT2D eigenvalue weighted by Crippen LogP contribution is 2.46. The first kappa shape index (κ1) is 20.8. The fourth-order valence-electron chi connectivity index (χ4n) is 4.91. The molecule has 4 rings (SSSR count). The van der Waals surface area contributed by atoms with Gasteiger partial charge in [-0.3, -0.25) is 9.59 Å². The number of allylic oxidation sites excluding steroid dienone is 3. The maximum absolute atomic E-state index is 13.5. The minimum absolute atomic E-state index is 0.0675. The summed E-state index contributed by atoms with van der Waals surface area (Å²) in [6, 6.07) is 3.84. The minimum Gasteiger partial charge on any atom is -0.468 e. The van der Waals surface area contributed by atoms with E-state index in [1.54, 1.807) is 0 Å². The van der Waals surface area contributed by atoms with Crippen LogP contribution in [-0.4, -0.2) is 30.9 Å². The Morgan fingerprint density at radius 2 is 1.97 bits per heavy atom. The molecule has 1 aliphatic heterocycles. The summed E-state index contributed by atoms with van der Waals surface area (Å²) in [5.74, 6) is -2.73. The monoisotopic (exact) mass is 429 g/mol. The molecule has 7 heteroatoms. The number of Topliss-reactive ketones (excluding diaryl/α,β-unsaturated/α-hetero) is 1. The van der Waals surface area contributed by atoms with Gasteiger partial charge in [0.1, 0.15) is 12.0 Å². The molecule has 1 aromatic heterocycles. The molecule has 3 atom stereocenters. The number of methoxy groups -OCH3 is 1. The second-order valence-electron chi connectivity index (χ2n) is 8.36. The summed E-state index contributed by atoms with van der Waals surface area (Å²) in [5.41, 5.74) is 2.47. The van der Waals surface area contributed by atoms with Gasteiger partial charge < -0.3 is 14.8 Å². The van der Waals surface area contributed by atoms with E-state index in [4.69, 9.17) is 9.47 Å². The van der Waals surface area contributed by atoms with Crippen molar-refractivity contribution in [3.05, 3.63) is 44.9 Å². The van der Waals surface area contributed by atoms with E-state index in [1.807, 2.05) is 31.4 Å². The van der Waals surface area contributed by atoms with Crippen LogP contribution in [-0.2, 0) is 23.9 Å². The zero-order valence-corrected chi connectivity index (χ0v) is 18.3. The van der Waals surface area contributed by atoms with E-state index in [1.165, 1.54) is 18.4 Å². The smallest absolute Gasteiger partial charge is 0.337 e. The van der Waals surface area contributed by atoms with Crippen LogP contribution in [0.25, 0.3) is 0 Å². The van der Waals surface area contributed by atoms with E-state index in [0.29, 0.717) is 23.3 Å². The van der Waals surface area contributed by atoms with Crippen LogP contribution in [0.4, 0.5) is 0 Å². The number of carbonyl (C=O) groups excluding carboxylic acids is 3. The van der Waals surface area contributed by atoms with Crippen LogP contribution in [0.2, 0.25) is 0 Å². The lowest BCUT2D eigenvalue weighted by Crippen LogP contribution is -2.43. The molecule has 3 aliphatic rings. The molecule has 0 saturated heterocycles. The van der Waals surface area contributed by atoms with Crippen LogP contribution in [0.15, 0.2) is 40.1 Å².